The highest BCUT2D eigenvalue weighted by Crippen LogP contribution is 2.17. The minimum atomic E-state index is 0.0880. The van der Waals surface area contributed by atoms with Crippen molar-refractivity contribution in [3.05, 3.63) is 0 Å². The van der Waals surface area contributed by atoms with Crippen LogP contribution in [0.5, 0.6) is 0 Å². The van der Waals surface area contributed by atoms with Crippen LogP contribution >= 0.6 is 0 Å². The minimum Gasteiger partial charge on any atom is -0.354 e. The number of carbonyl (C=O) groups is 1. The number of carbonyl (C=O) groups excluding carboxylic acids is 1. The molecular weight excluding hydrogens is 164 g/mol. The second kappa shape index (κ2) is 4.09. The Morgan fingerprint density at radius 2 is 2.31 bits per heavy atom. The molecule has 1 aliphatic rings. The summed E-state index contributed by atoms with van der Waals surface area (Å²) < 4.78 is 0. The van der Waals surface area contributed by atoms with E-state index in [0.717, 1.165) is 19.5 Å². The highest BCUT2D eigenvalue weighted by atomic mass is 16.1. The molecule has 3 heteroatoms. The number of rotatable bonds is 3. The third kappa shape index (κ3) is 2.99. The highest BCUT2D eigenvalue weighted by molar-refractivity contribution is 5.77. The van der Waals surface area contributed by atoms with Crippen LogP contribution in [0.2, 0.25) is 0 Å². The fourth-order valence-electron chi connectivity index (χ4n) is 1.59. The Bertz CT molecular complexity index is 183. The van der Waals surface area contributed by atoms with E-state index in [1.165, 1.54) is 6.42 Å². The summed E-state index contributed by atoms with van der Waals surface area (Å²) in [6.07, 6.45) is 2.37. The Morgan fingerprint density at radius 1 is 1.62 bits per heavy atom. The van der Waals surface area contributed by atoms with E-state index in [1.54, 1.807) is 0 Å². The molecule has 3 nitrogen and oxygen atoms in total. The second-order valence-corrected chi connectivity index (χ2v) is 4.46. The maximum Gasteiger partial charge on any atom is 0.222 e. The molecule has 0 aromatic rings. The molecule has 76 valence electrons. The van der Waals surface area contributed by atoms with Crippen molar-refractivity contribution in [2.24, 2.45) is 5.92 Å². The molecule has 1 amide bonds. The van der Waals surface area contributed by atoms with Gasteiger partial charge in [-0.15, -0.1) is 0 Å². The van der Waals surface area contributed by atoms with Gasteiger partial charge in [-0.3, -0.25) is 4.79 Å². The van der Waals surface area contributed by atoms with Gasteiger partial charge in [-0.05, 0) is 26.3 Å². The summed E-state index contributed by atoms with van der Waals surface area (Å²) in [5.74, 6) is 0.236. The second-order valence-electron chi connectivity index (χ2n) is 4.46. The predicted octanol–water partition coefficient (Wildman–Crippen LogP) is 0.901. The Balaban J connectivity index is 2.29. The van der Waals surface area contributed by atoms with E-state index in [0.29, 0.717) is 0 Å². The Hall–Kier alpha value is -0.570. The van der Waals surface area contributed by atoms with E-state index in [4.69, 9.17) is 0 Å². The van der Waals surface area contributed by atoms with Crippen molar-refractivity contribution in [2.75, 3.05) is 13.1 Å². The van der Waals surface area contributed by atoms with Gasteiger partial charge in [0.15, 0.2) is 0 Å². The molecule has 1 rings (SSSR count). The summed E-state index contributed by atoms with van der Waals surface area (Å²) in [4.78, 5) is 11.3. The average molecular weight is 184 g/mol. The molecule has 0 radical (unpaired) electrons. The van der Waals surface area contributed by atoms with Crippen LogP contribution in [0.4, 0.5) is 0 Å². The summed E-state index contributed by atoms with van der Waals surface area (Å²) in [6, 6.07) is 0. The molecule has 1 fully saturated rings. The van der Waals surface area contributed by atoms with E-state index in [1.807, 2.05) is 13.8 Å². The van der Waals surface area contributed by atoms with Crippen LogP contribution in [0.25, 0.3) is 0 Å². The predicted molar refractivity (Wildman–Crippen MR) is 53.5 cm³/mol. The van der Waals surface area contributed by atoms with Crippen molar-refractivity contribution in [2.45, 2.75) is 39.2 Å². The van der Waals surface area contributed by atoms with E-state index in [2.05, 4.69) is 17.6 Å². The topological polar surface area (TPSA) is 41.1 Å². The average Bonchev–Trinajstić information content (AvgIpc) is 2.48. The molecule has 0 aliphatic carbocycles. The van der Waals surface area contributed by atoms with Crippen molar-refractivity contribution in [3.8, 4) is 0 Å². The quantitative estimate of drug-likeness (QED) is 0.684. The summed E-state index contributed by atoms with van der Waals surface area (Å²) >= 11 is 0. The molecule has 13 heavy (non-hydrogen) atoms. The molecule has 1 saturated heterocycles. The Kier molecular flexibility index (Phi) is 3.31. The van der Waals surface area contributed by atoms with Gasteiger partial charge in [-0.25, -0.2) is 0 Å². The molecule has 0 aromatic heterocycles. The first-order valence-corrected chi connectivity index (χ1v) is 5.06. The first-order valence-electron chi connectivity index (χ1n) is 5.06. The third-order valence-corrected chi connectivity index (χ3v) is 2.63. The number of nitrogens with one attached hydrogen (secondary N) is 2. The number of hydrogen-bond donors (Lipinski definition) is 2. The lowest BCUT2D eigenvalue weighted by Gasteiger charge is -2.25. The molecule has 1 aliphatic heterocycles. The van der Waals surface area contributed by atoms with Gasteiger partial charge in [0.1, 0.15) is 0 Å². The monoisotopic (exact) mass is 184 g/mol. The maximum absolute atomic E-state index is 11.3. The molecule has 2 N–H and O–H groups in total. The summed E-state index contributed by atoms with van der Waals surface area (Å²) in [7, 11) is 0. The van der Waals surface area contributed by atoms with Gasteiger partial charge >= 0.3 is 0 Å². The molecule has 1 atom stereocenters. The third-order valence-electron chi connectivity index (χ3n) is 2.63. The van der Waals surface area contributed by atoms with Gasteiger partial charge in [0.25, 0.3) is 0 Å². The molecular formula is C10H20N2O. The molecule has 0 saturated carbocycles. The Labute approximate surface area is 80.3 Å². The Morgan fingerprint density at radius 3 is 2.77 bits per heavy atom. The zero-order valence-electron chi connectivity index (χ0n) is 8.81. The van der Waals surface area contributed by atoms with Gasteiger partial charge in [-0.1, -0.05) is 13.8 Å². The van der Waals surface area contributed by atoms with E-state index in [9.17, 15) is 4.79 Å². The van der Waals surface area contributed by atoms with Gasteiger partial charge in [-0.2, -0.15) is 0 Å². The molecule has 0 aromatic carbocycles. The molecule has 1 heterocycles. The van der Waals surface area contributed by atoms with E-state index < -0.39 is 0 Å². The minimum absolute atomic E-state index is 0.0880. The van der Waals surface area contributed by atoms with Crippen molar-refractivity contribution < 1.29 is 4.79 Å². The molecule has 0 bridgehead atoms. The van der Waals surface area contributed by atoms with Crippen LogP contribution in [-0.2, 0) is 4.79 Å². The van der Waals surface area contributed by atoms with Crippen LogP contribution in [0.3, 0.4) is 0 Å². The standard InChI is InChI=1S/C10H20N2O/c1-8(2)9(13)11-7-10(3)5-4-6-12-10/h8,12H,4-7H2,1-3H3,(H,11,13). The zero-order chi connectivity index (χ0) is 9.90. The lowest BCUT2D eigenvalue weighted by Crippen LogP contribution is -2.48. The highest BCUT2D eigenvalue weighted by Gasteiger charge is 2.28. The lowest BCUT2D eigenvalue weighted by atomic mass is 10.0. The fourth-order valence-corrected chi connectivity index (χ4v) is 1.59. The SMILES string of the molecule is CC(C)C(=O)NCC1(C)CCCN1. The summed E-state index contributed by atoms with van der Waals surface area (Å²) in [5, 5.41) is 6.38. The number of hydrogen-bond acceptors (Lipinski definition) is 2. The van der Waals surface area contributed by atoms with Gasteiger partial charge in [0, 0.05) is 18.0 Å². The first kappa shape index (κ1) is 10.5. The van der Waals surface area contributed by atoms with Crippen LogP contribution in [0, 0.1) is 5.92 Å². The first-order chi connectivity index (χ1) is 6.03. The van der Waals surface area contributed by atoms with Gasteiger partial charge in [0.2, 0.25) is 5.91 Å². The zero-order valence-corrected chi connectivity index (χ0v) is 8.81. The maximum atomic E-state index is 11.3. The van der Waals surface area contributed by atoms with Crippen LogP contribution < -0.4 is 10.6 Å². The lowest BCUT2D eigenvalue weighted by molar-refractivity contribution is -0.124. The van der Waals surface area contributed by atoms with Crippen molar-refractivity contribution in [1.82, 2.24) is 10.6 Å². The van der Waals surface area contributed by atoms with E-state index in [-0.39, 0.29) is 17.4 Å². The van der Waals surface area contributed by atoms with Crippen LogP contribution in [0.1, 0.15) is 33.6 Å². The largest absolute Gasteiger partial charge is 0.354 e. The normalized spacial score (nSPS) is 28.0. The van der Waals surface area contributed by atoms with E-state index >= 15 is 0 Å². The van der Waals surface area contributed by atoms with Gasteiger partial charge < -0.3 is 10.6 Å². The van der Waals surface area contributed by atoms with Crippen LogP contribution in [-0.4, -0.2) is 24.5 Å². The van der Waals surface area contributed by atoms with Crippen molar-refractivity contribution in [3.63, 3.8) is 0 Å². The molecule has 0 spiro atoms. The van der Waals surface area contributed by atoms with Crippen molar-refractivity contribution in [1.29, 1.82) is 0 Å². The summed E-state index contributed by atoms with van der Waals surface area (Å²) in [5.41, 5.74) is 0.130. The summed E-state index contributed by atoms with van der Waals surface area (Å²) in [6.45, 7) is 7.83. The fraction of sp³-hybridized carbons (Fsp3) is 0.900. The van der Waals surface area contributed by atoms with Crippen LogP contribution in [0.15, 0.2) is 0 Å². The smallest absolute Gasteiger partial charge is 0.222 e. The molecule has 1 unspecified atom stereocenters. The van der Waals surface area contributed by atoms with Crippen molar-refractivity contribution >= 4 is 5.91 Å². The number of amides is 1. The van der Waals surface area contributed by atoms with Gasteiger partial charge in [0.05, 0.1) is 0 Å².